The molecule has 0 fully saturated rings. The van der Waals surface area contributed by atoms with Crippen molar-refractivity contribution < 1.29 is 19.4 Å². The summed E-state index contributed by atoms with van der Waals surface area (Å²) in [5.41, 5.74) is 1.11. The maximum absolute atomic E-state index is 11.8. The Hall–Kier alpha value is -2.08. The number of hydrogen-bond donors (Lipinski definition) is 3. The van der Waals surface area contributed by atoms with Gasteiger partial charge < -0.3 is 20.5 Å². The number of carboxylic acids is 1. The minimum atomic E-state index is -0.822. The molecule has 0 unspecified atom stereocenters. The molecule has 0 saturated heterocycles. The highest BCUT2D eigenvalue weighted by atomic mass is 16.5. The van der Waals surface area contributed by atoms with Crippen LogP contribution >= 0.6 is 0 Å². The summed E-state index contributed by atoms with van der Waals surface area (Å²) in [6, 6.07) is 6.80. The van der Waals surface area contributed by atoms with Gasteiger partial charge in [0.1, 0.15) is 0 Å². The molecular weight excluding hydrogens is 272 g/mol. The number of urea groups is 1. The van der Waals surface area contributed by atoms with Crippen molar-refractivity contribution in [2.24, 2.45) is 0 Å². The van der Waals surface area contributed by atoms with Gasteiger partial charge in [0.25, 0.3) is 0 Å². The molecule has 0 radical (unpaired) electrons. The van der Waals surface area contributed by atoms with E-state index in [0.717, 1.165) is 5.56 Å². The minimum Gasteiger partial charge on any atom is -0.481 e. The molecule has 0 atom stereocenters. The lowest BCUT2D eigenvalue weighted by atomic mass is 10.1. The molecule has 0 saturated carbocycles. The van der Waals surface area contributed by atoms with Crippen LogP contribution < -0.4 is 10.6 Å². The van der Waals surface area contributed by atoms with E-state index in [2.05, 4.69) is 10.6 Å². The molecule has 0 aliphatic carbocycles. The third-order valence-corrected chi connectivity index (χ3v) is 2.80. The minimum absolute atomic E-state index is 0.0957. The van der Waals surface area contributed by atoms with Gasteiger partial charge in [0.15, 0.2) is 0 Å². The standard InChI is InChI=1S/C15H22N2O4/c1-15(2,10-21-3)17-14(20)16-12-7-4-11(5-8-12)6-9-13(18)19/h4-5,7-8H,6,9-10H2,1-3H3,(H,18,19)(H2,16,17,20). The summed E-state index contributed by atoms with van der Waals surface area (Å²) < 4.78 is 5.03. The van der Waals surface area contributed by atoms with Gasteiger partial charge in [0.05, 0.1) is 12.1 Å². The third-order valence-electron chi connectivity index (χ3n) is 2.80. The summed E-state index contributed by atoms with van der Waals surface area (Å²) in [6.45, 7) is 4.14. The first-order valence-corrected chi connectivity index (χ1v) is 6.71. The summed E-state index contributed by atoms with van der Waals surface area (Å²) in [5, 5.41) is 14.2. The number of benzene rings is 1. The summed E-state index contributed by atoms with van der Waals surface area (Å²) in [7, 11) is 1.58. The number of rotatable bonds is 7. The van der Waals surface area contributed by atoms with Crippen LogP contribution in [-0.4, -0.2) is 36.4 Å². The Kier molecular flexibility index (Phi) is 6.17. The number of amides is 2. The van der Waals surface area contributed by atoms with E-state index in [1.54, 1.807) is 31.4 Å². The van der Waals surface area contributed by atoms with E-state index in [1.807, 2.05) is 13.8 Å². The third kappa shape index (κ3) is 6.76. The van der Waals surface area contributed by atoms with Gasteiger partial charge in [0, 0.05) is 19.2 Å². The van der Waals surface area contributed by atoms with Gasteiger partial charge in [-0.3, -0.25) is 4.79 Å². The van der Waals surface area contributed by atoms with Crippen molar-refractivity contribution in [2.45, 2.75) is 32.2 Å². The van der Waals surface area contributed by atoms with Crippen molar-refractivity contribution in [2.75, 3.05) is 19.0 Å². The molecule has 0 bridgehead atoms. The first-order valence-electron chi connectivity index (χ1n) is 6.71. The molecule has 0 spiro atoms. The Bertz CT molecular complexity index is 483. The summed E-state index contributed by atoms with van der Waals surface area (Å²) >= 11 is 0. The summed E-state index contributed by atoms with van der Waals surface area (Å²) in [5.74, 6) is -0.822. The number of anilines is 1. The lowest BCUT2D eigenvalue weighted by Gasteiger charge is -2.25. The van der Waals surface area contributed by atoms with Gasteiger partial charge in [-0.25, -0.2) is 4.79 Å². The number of methoxy groups -OCH3 is 1. The Morgan fingerprint density at radius 2 is 1.86 bits per heavy atom. The fourth-order valence-corrected chi connectivity index (χ4v) is 1.87. The highest BCUT2D eigenvalue weighted by Gasteiger charge is 2.20. The highest BCUT2D eigenvalue weighted by molar-refractivity contribution is 5.89. The first kappa shape index (κ1) is 17.0. The first-order chi connectivity index (χ1) is 9.82. The smallest absolute Gasteiger partial charge is 0.319 e. The molecule has 2 amide bonds. The number of ether oxygens (including phenoxy) is 1. The lowest BCUT2D eigenvalue weighted by Crippen LogP contribution is -2.48. The Labute approximate surface area is 124 Å². The average Bonchev–Trinajstić information content (AvgIpc) is 2.36. The van der Waals surface area contributed by atoms with Crippen LogP contribution in [0.25, 0.3) is 0 Å². The number of carboxylic acid groups (broad SMARTS) is 1. The number of nitrogens with one attached hydrogen (secondary N) is 2. The van der Waals surface area contributed by atoms with Crippen LogP contribution in [0, 0.1) is 0 Å². The van der Waals surface area contributed by atoms with E-state index in [0.29, 0.717) is 18.7 Å². The van der Waals surface area contributed by atoms with E-state index in [4.69, 9.17) is 9.84 Å². The number of hydrogen-bond acceptors (Lipinski definition) is 3. The predicted molar refractivity (Wildman–Crippen MR) is 80.5 cm³/mol. The zero-order valence-corrected chi connectivity index (χ0v) is 12.6. The van der Waals surface area contributed by atoms with Crippen LogP contribution in [0.3, 0.4) is 0 Å². The van der Waals surface area contributed by atoms with Gasteiger partial charge in [0.2, 0.25) is 0 Å². The normalized spacial score (nSPS) is 11.0. The molecule has 116 valence electrons. The molecule has 0 heterocycles. The Morgan fingerprint density at radius 1 is 1.24 bits per heavy atom. The molecule has 0 aromatic heterocycles. The molecular formula is C15H22N2O4. The maximum atomic E-state index is 11.8. The lowest BCUT2D eigenvalue weighted by molar-refractivity contribution is -0.136. The molecule has 6 heteroatoms. The van der Waals surface area contributed by atoms with Gasteiger partial charge in [-0.15, -0.1) is 0 Å². The molecule has 6 nitrogen and oxygen atoms in total. The van der Waals surface area contributed by atoms with E-state index < -0.39 is 11.5 Å². The van der Waals surface area contributed by atoms with Crippen molar-refractivity contribution in [1.82, 2.24) is 5.32 Å². The second-order valence-corrected chi connectivity index (χ2v) is 5.49. The van der Waals surface area contributed by atoms with Gasteiger partial charge >= 0.3 is 12.0 Å². The van der Waals surface area contributed by atoms with Crippen LogP contribution in [-0.2, 0) is 16.0 Å². The van der Waals surface area contributed by atoms with Gasteiger partial charge in [-0.1, -0.05) is 12.1 Å². The Balaban J connectivity index is 2.51. The summed E-state index contributed by atoms with van der Waals surface area (Å²) in [4.78, 5) is 22.3. The molecule has 0 aliphatic heterocycles. The van der Waals surface area contributed by atoms with Crippen LogP contribution in [0.2, 0.25) is 0 Å². The molecule has 3 N–H and O–H groups in total. The highest BCUT2D eigenvalue weighted by Crippen LogP contribution is 2.11. The zero-order chi connectivity index (χ0) is 15.9. The SMILES string of the molecule is COCC(C)(C)NC(=O)Nc1ccc(CCC(=O)O)cc1. The molecule has 1 rings (SSSR count). The maximum Gasteiger partial charge on any atom is 0.319 e. The van der Waals surface area contributed by atoms with Crippen LogP contribution in [0.4, 0.5) is 10.5 Å². The number of carbonyl (C=O) groups excluding carboxylic acids is 1. The second kappa shape index (κ2) is 7.64. The van der Waals surface area contributed by atoms with Crippen molar-refractivity contribution >= 4 is 17.7 Å². The molecule has 21 heavy (non-hydrogen) atoms. The fraction of sp³-hybridized carbons (Fsp3) is 0.467. The van der Waals surface area contributed by atoms with Crippen molar-refractivity contribution in [1.29, 1.82) is 0 Å². The Morgan fingerprint density at radius 3 is 2.38 bits per heavy atom. The zero-order valence-electron chi connectivity index (χ0n) is 12.6. The van der Waals surface area contributed by atoms with Crippen LogP contribution in [0.15, 0.2) is 24.3 Å². The van der Waals surface area contributed by atoms with Gasteiger partial charge in [-0.2, -0.15) is 0 Å². The molecule has 0 aliphatic rings. The molecule has 1 aromatic carbocycles. The van der Waals surface area contributed by atoms with E-state index >= 15 is 0 Å². The van der Waals surface area contributed by atoms with E-state index in [-0.39, 0.29) is 12.5 Å². The van der Waals surface area contributed by atoms with E-state index in [1.165, 1.54) is 0 Å². The monoisotopic (exact) mass is 294 g/mol. The van der Waals surface area contributed by atoms with Crippen LogP contribution in [0.5, 0.6) is 0 Å². The average molecular weight is 294 g/mol. The number of aryl methyl sites for hydroxylation is 1. The predicted octanol–water partition coefficient (Wildman–Crippen LogP) is 2.25. The van der Waals surface area contributed by atoms with Crippen molar-refractivity contribution in [3.8, 4) is 0 Å². The number of carbonyl (C=O) groups is 2. The van der Waals surface area contributed by atoms with Crippen molar-refractivity contribution in [3.05, 3.63) is 29.8 Å². The molecule has 1 aromatic rings. The van der Waals surface area contributed by atoms with Crippen LogP contribution in [0.1, 0.15) is 25.8 Å². The van der Waals surface area contributed by atoms with Gasteiger partial charge in [-0.05, 0) is 38.0 Å². The van der Waals surface area contributed by atoms with Crippen molar-refractivity contribution in [3.63, 3.8) is 0 Å². The van der Waals surface area contributed by atoms with E-state index in [9.17, 15) is 9.59 Å². The largest absolute Gasteiger partial charge is 0.481 e. The number of aliphatic carboxylic acids is 1. The fourth-order valence-electron chi connectivity index (χ4n) is 1.87. The topological polar surface area (TPSA) is 87.7 Å². The second-order valence-electron chi connectivity index (χ2n) is 5.49. The quantitative estimate of drug-likeness (QED) is 0.719. The summed E-state index contributed by atoms with van der Waals surface area (Å²) in [6.07, 6.45) is 0.571.